The number of ether oxygens (including phenoxy) is 2. The number of carbonyl (C=O) groups is 2. The summed E-state index contributed by atoms with van der Waals surface area (Å²) in [6.07, 6.45) is 0. The molecule has 1 amide bonds. The second-order valence-corrected chi connectivity index (χ2v) is 10.2. The lowest BCUT2D eigenvalue weighted by Gasteiger charge is -2.27. The van der Waals surface area contributed by atoms with E-state index in [0.717, 1.165) is 5.56 Å². The van der Waals surface area contributed by atoms with E-state index in [4.69, 9.17) is 21.1 Å². The molecule has 0 bridgehead atoms. The van der Waals surface area contributed by atoms with Crippen LogP contribution in [0.3, 0.4) is 0 Å². The van der Waals surface area contributed by atoms with Crippen molar-refractivity contribution >= 4 is 34.7 Å². The molecule has 6 nitrogen and oxygen atoms in total. The number of aliphatic hydroxyl groups excluding tert-OH is 1. The minimum absolute atomic E-state index is 0.0492. The molecule has 37 heavy (non-hydrogen) atoms. The highest BCUT2D eigenvalue weighted by atomic mass is 35.5. The molecule has 0 aromatic heterocycles. The first-order valence-corrected chi connectivity index (χ1v) is 12.4. The highest BCUT2D eigenvalue weighted by Gasteiger charge is 2.47. The van der Waals surface area contributed by atoms with E-state index in [0.29, 0.717) is 29.4 Å². The summed E-state index contributed by atoms with van der Waals surface area (Å²) in [5, 5.41) is 11.7. The SMILES string of the molecule is CCOc1ccc(Cl)c(/C(O)=C2\C(=O)C(=O)N(c3cccc(OC)c3)C2c2ccc(C(C)(C)C)cc2)c1. The van der Waals surface area contributed by atoms with Crippen LogP contribution in [0.4, 0.5) is 5.69 Å². The molecular formula is C30H30ClNO5. The number of Topliss-reactive ketones (excluding diaryl/α,β-unsaturated/α-hetero) is 1. The van der Waals surface area contributed by atoms with Gasteiger partial charge in [0.05, 0.1) is 30.4 Å². The van der Waals surface area contributed by atoms with Gasteiger partial charge in [0.1, 0.15) is 17.3 Å². The minimum atomic E-state index is -0.882. The molecule has 0 aliphatic carbocycles. The molecule has 3 aromatic rings. The number of ketones is 1. The number of methoxy groups -OCH3 is 1. The van der Waals surface area contributed by atoms with Crippen molar-refractivity contribution < 1.29 is 24.2 Å². The Morgan fingerprint density at radius 3 is 2.32 bits per heavy atom. The fraction of sp³-hybridized carbons (Fsp3) is 0.267. The smallest absolute Gasteiger partial charge is 0.300 e. The van der Waals surface area contributed by atoms with Gasteiger partial charge in [0.15, 0.2) is 0 Å². The van der Waals surface area contributed by atoms with Gasteiger partial charge in [-0.2, -0.15) is 0 Å². The number of halogens is 1. The van der Waals surface area contributed by atoms with Crippen LogP contribution in [0.2, 0.25) is 5.02 Å². The number of benzene rings is 3. The van der Waals surface area contributed by atoms with Crippen molar-refractivity contribution in [1.29, 1.82) is 0 Å². The summed E-state index contributed by atoms with van der Waals surface area (Å²) in [6.45, 7) is 8.59. The molecular weight excluding hydrogens is 490 g/mol. The summed E-state index contributed by atoms with van der Waals surface area (Å²) < 4.78 is 10.9. The summed E-state index contributed by atoms with van der Waals surface area (Å²) in [6, 6.07) is 18.6. The van der Waals surface area contributed by atoms with Crippen LogP contribution in [0.25, 0.3) is 5.76 Å². The second kappa shape index (κ2) is 10.3. The molecule has 1 saturated heterocycles. The fourth-order valence-electron chi connectivity index (χ4n) is 4.43. The monoisotopic (exact) mass is 519 g/mol. The fourth-order valence-corrected chi connectivity index (χ4v) is 4.63. The molecule has 1 aliphatic heterocycles. The molecule has 1 aliphatic rings. The topological polar surface area (TPSA) is 76.1 Å². The molecule has 4 rings (SSSR count). The number of nitrogens with zero attached hydrogens (tertiary/aromatic N) is 1. The first kappa shape index (κ1) is 26.3. The number of hydrogen-bond donors (Lipinski definition) is 1. The first-order chi connectivity index (χ1) is 17.6. The van der Waals surface area contributed by atoms with Crippen LogP contribution in [-0.2, 0) is 15.0 Å². The summed E-state index contributed by atoms with van der Waals surface area (Å²) in [7, 11) is 1.53. The highest BCUT2D eigenvalue weighted by molar-refractivity contribution is 6.52. The van der Waals surface area contributed by atoms with Crippen LogP contribution < -0.4 is 14.4 Å². The standard InChI is InChI=1S/C30H30ClNO5/c1-6-37-22-14-15-24(31)23(17-22)27(33)25-26(18-10-12-19(13-11-18)30(2,3)4)32(29(35)28(25)34)20-8-7-9-21(16-20)36-5/h7-17,26,33H,6H2,1-5H3/b27-25+. The molecule has 0 radical (unpaired) electrons. The van der Waals surface area contributed by atoms with Gasteiger partial charge in [0.25, 0.3) is 11.7 Å². The van der Waals surface area contributed by atoms with E-state index in [2.05, 4.69) is 20.8 Å². The van der Waals surface area contributed by atoms with Gasteiger partial charge < -0.3 is 14.6 Å². The van der Waals surface area contributed by atoms with Crippen molar-refractivity contribution in [3.63, 3.8) is 0 Å². The Morgan fingerprint density at radius 2 is 1.70 bits per heavy atom. The van der Waals surface area contributed by atoms with Gasteiger partial charge in [0.2, 0.25) is 0 Å². The normalized spacial score (nSPS) is 17.2. The van der Waals surface area contributed by atoms with E-state index in [1.54, 1.807) is 42.5 Å². The van der Waals surface area contributed by atoms with E-state index in [9.17, 15) is 14.7 Å². The lowest BCUT2D eigenvalue weighted by Crippen LogP contribution is -2.29. The Bertz CT molecular complexity index is 1370. The Morgan fingerprint density at radius 1 is 1.00 bits per heavy atom. The van der Waals surface area contributed by atoms with Crippen molar-refractivity contribution in [3.05, 3.63) is 94.0 Å². The molecule has 7 heteroatoms. The van der Waals surface area contributed by atoms with Crippen molar-refractivity contribution in [2.24, 2.45) is 0 Å². The molecule has 0 saturated carbocycles. The average Bonchev–Trinajstić information content (AvgIpc) is 3.14. The highest BCUT2D eigenvalue weighted by Crippen LogP contribution is 2.44. The maximum absolute atomic E-state index is 13.5. The van der Waals surface area contributed by atoms with Crippen LogP contribution >= 0.6 is 11.6 Å². The zero-order valence-electron chi connectivity index (χ0n) is 21.5. The maximum atomic E-state index is 13.5. The molecule has 0 spiro atoms. The summed E-state index contributed by atoms with van der Waals surface area (Å²) in [4.78, 5) is 28.3. The van der Waals surface area contributed by atoms with Gasteiger partial charge in [-0.05, 0) is 53.8 Å². The summed E-state index contributed by atoms with van der Waals surface area (Å²) in [5.41, 5.74) is 2.33. The van der Waals surface area contributed by atoms with Crippen LogP contribution in [0.1, 0.15) is 50.4 Å². The van der Waals surface area contributed by atoms with Gasteiger partial charge >= 0.3 is 0 Å². The number of amides is 1. The number of rotatable bonds is 6. The van der Waals surface area contributed by atoms with E-state index in [1.807, 2.05) is 31.2 Å². The van der Waals surface area contributed by atoms with E-state index in [1.165, 1.54) is 12.0 Å². The molecule has 1 atom stereocenters. The van der Waals surface area contributed by atoms with Crippen molar-refractivity contribution in [2.45, 2.75) is 39.2 Å². The molecule has 3 aromatic carbocycles. The molecule has 1 unspecified atom stereocenters. The average molecular weight is 520 g/mol. The Balaban J connectivity index is 1.95. The van der Waals surface area contributed by atoms with Gasteiger partial charge in [-0.15, -0.1) is 0 Å². The zero-order chi connectivity index (χ0) is 26.9. The second-order valence-electron chi connectivity index (χ2n) is 9.82. The maximum Gasteiger partial charge on any atom is 0.300 e. The minimum Gasteiger partial charge on any atom is -0.507 e. The van der Waals surface area contributed by atoms with Crippen LogP contribution in [-0.4, -0.2) is 30.5 Å². The van der Waals surface area contributed by atoms with Crippen LogP contribution in [0.15, 0.2) is 72.3 Å². The van der Waals surface area contributed by atoms with E-state index in [-0.39, 0.29) is 27.3 Å². The number of anilines is 1. The Labute approximate surface area is 222 Å². The van der Waals surface area contributed by atoms with Crippen molar-refractivity contribution in [1.82, 2.24) is 0 Å². The number of hydrogen-bond acceptors (Lipinski definition) is 5. The predicted molar refractivity (Wildman–Crippen MR) is 146 cm³/mol. The van der Waals surface area contributed by atoms with Crippen molar-refractivity contribution in [2.75, 3.05) is 18.6 Å². The van der Waals surface area contributed by atoms with Gasteiger partial charge in [-0.1, -0.05) is 62.7 Å². The first-order valence-electron chi connectivity index (χ1n) is 12.0. The van der Waals surface area contributed by atoms with E-state index < -0.39 is 17.7 Å². The summed E-state index contributed by atoms with van der Waals surface area (Å²) in [5.74, 6) is -0.893. The van der Waals surface area contributed by atoms with Crippen molar-refractivity contribution in [3.8, 4) is 11.5 Å². The molecule has 1 heterocycles. The quantitative estimate of drug-likeness (QED) is 0.223. The third-order valence-corrected chi connectivity index (χ3v) is 6.70. The van der Waals surface area contributed by atoms with Crippen LogP contribution in [0.5, 0.6) is 11.5 Å². The Hall–Kier alpha value is -3.77. The largest absolute Gasteiger partial charge is 0.507 e. The molecule has 1 fully saturated rings. The van der Waals surface area contributed by atoms with Crippen LogP contribution in [0, 0.1) is 0 Å². The number of aliphatic hydroxyl groups is 1. The molecule has 192 valence electrons. The zero-order valence-corrected chi connectivity index (χ0v) is 22.3. The lowest BCUT2D eigenvalue weighted by atomic mass is 9.85. The van der Waals surface area contributed by atoms with E-state index >= 15 is 0 Å². The Kier molecular flexibility index (Phi) is 7.32. The predicted octanol–water partition coefficient (Wildman–Crippen LogP) is 6.67. The summed E-state index contributed by atoms with van der Waals surface area (Å²) >= 11 is 6.44. The lowest BCUT2D eigenvalue weighted by molar-refractivity contribution is -0.132. The van der Waals surface area contributed by atoms with Gasteiger partial charge in [-0.25, -0.2) is 0 Å². The molecule has 1 N–H and O–H groups in total. The van der Waals surface area contributed by atoms with Gasteiger partial charge in [-0.3, -0.25) is 14.5 Å². The third-order valence-electron chi connectivity index (χ3n) is 6.37. The number of carbonyl (C=O) groups excluding carboxylic acids is 2. The third kappa shape index (κ3) is 5.07. The van der Waals surface area contributed by atoms with Gasteiger partial charge in [0, 0.05) is 17.3 Å².